The van der Waals surface area contributed by atoms with Crippen LogP contribution in [0.3, 0.4) is 0 Å². The molecule has 1 fully saturated rings. The molecule has 0 unspecified atom stereocenters. The number of carbonyl (C=O) groups is 1. The van der Waals surface area contributed by atoms with Crippen LogP contribution in [0, 0.1) is 5.92 Å². The maximum Gasteiger partial charge on any atom is 0.244 e. The number of carbonyl (C=O) groups excluding carboxylic acids is 1. The molecule has 116 valence electrons. The van der Waals surface area contributed by atoms with Crippen LogP contribution in [0.4, 0.5) is 5.69 Å². The standard InChI is InChI=1S/C16H21N5O/c1-13(21-12-17-11-19-21)16(22)18-9-14-7-8-20(10-14)15-5-3-2-4-6-15/h2-6,11-14H,7-10H2,1H3,(H,18,22)/t13-,14+/m0/s1. The highest BCUT2D eigenvalue weighted by Gasteiger charge is 2.24. The smallest absolute Gasteiger partial charge is 0.244 e. The van der Waals surface area contributed by atoms with Gasteiger partial charge in [-0.15, -0.1) is 0 Å². The largest absolute Gasteiger partial charge is 0.371 e. The van der Waals surface area contributed by atoms with E-state index in [1.165, 1.54) is 12.0 Å². The van der Waals surface area contributed by atoms with Crippen molar-refractivity contribution < 1.29 is 4.79 Å². The van der Waals surface area contributed by atoms with Crippen molar-refractivity contribution in [2.24, 2.45) is 5.92 Å². The zero-order valence-electron chi connectivity index (χ0n) is 12.7. The number of nitrogens with one attached hydrogen (secondary N) is 1. The van der Waals surface area contributed by atoms with Crippen molar-refractivity contribution in [3.05, 3.63) is 43.0 Å². The monoisotopic (exact) mass is 299 g/mol. The van der Waals surface area contributed by atoms with Gasteiger partial charge in [0.2, 0.25) is 5.91 Å². The van der Waals surface area contributed by atoms with Gasteiger partial charge in [0.1, 0.15) is 18.7 Å². The first-order chi connectivity index (χ1) is 10.7. The molecule has 1 aliphatic rings. The van der Waals surface area contributed by atoms with Crippen LogP contribution in [-0.4, -0.2) is 40.3 Å². The highest BCUT2D eigenvalue weighted by Crippen LogP contribution is 2.23. The molecular weight excluding hydrogens is 278 g/mol. The van der Waals surface area contributed by atoms with E-state index in [1.807, 2.05) is 13.0 Å². The average molecular weight is 299 g/mol. The van der Waals surface area contributed by atoms with Crippen LogP contribution in [0.15, 0.2) is 43.0 Å². The zero-order chi connectivity index (χ0) is 15.4. The quantitative estimate of drug-likeness (QED) is 0.908. The normalized spacial score (nSPS) is 19.1. The second-order valence-corrected chi connectivity index (χ2v) is 5.73. The van der Waals surface area contributed by atoms with Gasteiger partial charge in [0.05, 0.1) is 0 Å². The summed E-state index contributed by atoms with van der Waals surface area (Å²) >= 11 is 0. The number of aromatic nitrogens is 3. The molecule has 2 aromatic rings. The van der Waals surface area contributed by atoms with Crippen LogP contribution in [0.5, 0.6) is 0 Å². The second kappa shape index (κ2) is 6.60. The van der Waals surface area contributed by atoms with Crippen molar-refractivity contribution in [1.82, 2.24) is 20.1 Å². The third-order valence-electron chi connectivity index (χ3n) is 4.19. The Labute approximate surface area is 130 Å². The summed E-state index contributed by atoms with van der Waals surface area (Å²) < 4.78 is 1.57. The summed E-state index contributed by atoms with van der Waals surface area (Å²) in [6, 6.07) is 10.1. The Morgan fingerprint density at radius 1 is 1.41 bits per heavy atom. The molecule has 2 atom stereocenters. The topological polar surface area (TPSA) is 63.1 Å². The number of hydrogen-bond acceptors (Lipinski definition) is 4. The number of nitrogens with zero attached hydrogens (tertiary/aromatic N) is 4. The van der Waals surface area contributed by atoms with Gasteiger partial charge in [0, 0.05) is 25.3 Å². The molecule has 22 heavy (non-hydrogen) atoms. The van der Waals surface area contributed by atoms with E-state index in [0.29, 0.717) is 12.5 Å². The van der Waals surface area contributed by atoms with Gasteiger partial charge in [0.15, 0.2) is 0 Å². The van der Waals surface area contributed by atoms with E-state index in [4.69, 9.17) is 0 Å². The number of para-hydroxylation sites is 1. The predicted octanol–water partition coefficient (Wildman–Crippen LogP) is 1.48. The first-order valence-electron chi connectivity index (χ1n) is 7.66. The van der Waals surface area contributed by atoms with Crippen LogP contribution in [0.1, 0.15) is 19.4 Å². The SMILES string of the molecule is C[C@@H](C(=O)NC[C@H]1CCN(c2ccccc2)C1)n1cncn1. The average Bonchev–Trinajstić information content (AvgIpc) is 3.24. The Morgan fingerprint density at radius 2 is 2.23 bits per heavy atom. The number of rotatable bonds is 5. The molecule has 0 radical (unpaired) electrons. The van der Waals surface area contributed by atoms with Gasteiger partial charge in [-0.05, 0) is 31.4 Å². The lowest BCUT2D eigenvalue weighted by molar-refractivity contribution is -0.124. The van der Waals surface area contributed by atoms with Crippen LogP contribution in [-0.2, 0) is 4.79 Å². The van der Waals surface area contributed by atoms with E-state index in [0.717, 1.165) is 19.5 Å². The lowest BCUT2D eigenvalue weighted by atomic mass is 10.1. The summed E-state index contributed by atoms with van der Waals surface area (Å²) in [7, 11) is 0. The van der Waals surface area contributed by atoms with Crippen molar-refractivity contribution in [3.63, 3.8) is 0 Å². The minimum Gasteiger partial charge on any atom is -0.371 e. The van der Waals surface area contributed by atoms with Gasteiger partial charge in [0.25, 0.3) is 0 Å². The maximum absolute atomic E-state index is 12.1. The Balaban J connectivity index is 1.48. The molecule has 1 aliphatic heterocycles. The first-order valence-corrected chi connectivity index (χ1v) is 7.66. The molecule has 1 amide bonds. The number of hydrogen-bond donors (Lipinski definition) is 1. The molecular formula is C16H21N5O. The summed E-state index contributed by atoms with van der Waals surface area (Å²) in [5.41, 5.74) is 1.26. The molecule has 1 saturated heterocycles. The van der Waals surface area contributed by atoms with E-state index in [9.17, 15) is 4.79 Å². The van der Waals surface area contributed by atoms with Crippen LogP contribution in [0.25, 0.3) is 0 Å². The van der Waals surface area contributed by atoms with Gasteiger partial charge in [-0.1, -0.05) is 18.2 Å². The van der Waals surface area contributed by atoms with Crippen molar-refractivity contribution in [3.8, 4) is 0 Å². The van der Waals surface area contributed by atoms with Crippen molar-refractivity contribution in [2.45, 2.75) is 19.4 Å². The number of anilines is 1. The molecule has 6 heteroatoms. The van der Waals surface area contributed by atoms with Gasteiger partial charge < -0.3 is 10.2 Å². The third-order valence-corrected chi connectivity index (χ3v) is 4.19. The fourth-order valence-electron chi connectivity index (χ4n) is 2.80. The molecule has 0 spiro atoms. The molecule has 3 rings (SSSR count). The fraction of sp³-hybridized carbons (Fsp3) is 0.438. The minimum absolute atomic E-state index is 0.0105. The Hall–Kier alpha value is -2.37. The van der Waals surface area contributed by atoms with Crippen LogP contribution in [0.2, 0.25) is 0 Å². The van der Waals surface area contributed by atoms with Crippen molar-refractivity contribution in [2.75, 3.05) is 24.5 Å². The molecule has 0 bridgehead atoms. The van der Waals surface area contributed by atoms with E-state index < -0.39 is 0 Å². The first kappa shape index (κ1) is 14.6. The lowest BCUT2D eigenvalue weighted by Gasteiger charge is -2.19. The van der Waals surface area contributed by atoms with Gasteiger partial charge in [-0.25, -0.2) is 9.67 Å². The van der Waals surface area contributed by atoms with Gasteiger partial charge >= 0.3 is 0 Å². The van der Waals surface area contributed by atoms with Gasteiger partial charge in [-0.3, -0.25) is 4.79 Å². The second-order valence-electron chi connectivity index (χ2n) is 5.73. The molecule has 6 nitrogen and oxygen atoms in total. The summed E-state index contributed by atoms with van der Waals surface area (Å²) in [6.07, 6.45) is 4.11. The lowest BCUT2D eigenvalue weighted by Crippen LogP contribution is -2.35. The number of amides is 1. The predicted molar refractivity (Wildman–Crippen MR) is 84.5 cm³/mol. The third kappa shape index (κ3) is 3.27. The molecule has 0 saturated carbocycles. The molecule has 1 N–H and O–H groups in total. The molecule has 1 aromatic carbocycles. The van der Waals surface area contributed by atoms with Crippen molar-refractivity contribution in [1.29, 1.82) is 0 Å². The summed E-state index contributed by atoms with van der Waals surface area (Å²) in [6.45, 7) is 4.57. The maximum atomic E-state index is 12.1. The highest BCUT2D eigenvalue weighted by atomic mass is 16.2. The fourth-order valence-corrected chi connectivity index (χ4v) is 2.80. The Morgan fingerprint density at radius 3 is 2.95 bits per heavy atom. The Kier molecular flexibility index (Phi) is 4.37. The minimum atomic E-state index is -0.325. The number of benzene rings is 1. The molecule has 1 aromatic heterocycles. The van der Waals surface area contributed by atoms with E-state index in [2.05, 4.69) is 44.6 Å². The molecule has 2 heterocycles. The summed E-state index contributed by atoms with van der Waals surface area (Å²) in [5.74, 6) is 0.482. The highest BCUT2D eigenvalue weighted by molar-refractivity contribution is 5.79. The van der Waals surface area contributed by atoms with Crippen molar-refractivity contribution >= 4 is 11.6 Å². The van der Waals surface area contributed by atoms with E-state index in [1.54, 1.807) is 11.0 Å². The van der Waals surface area contributed by atoms with Crippen LogP contribution < -0.4 is 10.2 Å². The Bertz CT molecular complexity index is 598. The van der Waals surface area contributed by atoms with Gasteiger partial charge in [-0.2, -0.15) is 5.10 Å². The van der Waals surface area contributed by atoms with Crippen LogP contribution >= 0.6 is 0 Å². The van der Waals surface area contributed by atoms with E-state index >= 15 is 0 Å². The van der Waals surface area contributed by atoms with E-state index in [-0.39, 0.29) is 11.9 Å². The summed E-state index contributed by atoms with van der Waals surface area (Å²) in [4.78, 5) is 18.4. The molecule has 0 aliphatic carbocycles. The summed E-state index contributed by atoms with van der Waals surface area (Å²) in [5, 5.41) is 7.04. The zero-order valence-corrected chi connectivity index (χ0v) is 12.7.